The molecule has 0 spiro atoms. The molecule has 0 bridgehead atoms. The van der Waals surface area contributed by atoms with Crippen molar-refractivity contribution in [3.63, 3.8) is 0 Å². The van der Waals surface area contributed by atoms with Gasteiger partial charge in [-0.3, -0.25) is 9.59 Å². The normalized spacial score (nSPS) is 25.2. The van der Waals surface area contributed by atoms with Crippen molar-refractivity contribution < 1.29 is 9.59 Å². The van der Waals surface area contributed by atoms with Crippen LogP contribution in [0.3, 0.4) is 0 Å². The number of rotatable bonds is 10. The summed E-state index contributed by atoms with van der Waals surface area (Å²) in [5.41, 5.74) is 7.71. The first kappa shape index (κ1) is 26.6. The lowest BCUT2D eigenvalue weighted by Crippen LogP contribution is -2.08. The Morgan fingerprint density at radius 1 is 1.11 bits per heavy atom. The van der Waals surface area contributed by atoms with Gasteiger partial charge in [-0.1, -0.05) is 92.3 Å². The SMILES string of the molecule is CC=CC=C(C)CC(CCC)CCCC1CC(=O)/C(=C2\CC=CC(c3cccc4c3CC(=O)C4)C2)C1. The van der Waals surface area contributed by atoms with E-state index in [2.05, 4.69) is 69.4 Å². The summed E-state index contributed by atoms with van der Waals surface area (Å²) in [6.45, 7) is 6.61. The van der Waals surface area contributed by atoms with Gasteiger partial charge in [0.05, 0.1) is 0 Å². The summed E-state index contributed by atoms with van der Waals surface area (Å²) in [6, 6.07) is 6.40. The molecule has 3 atom stereocenters. The van der Waals surface area contributed by atoms with Crippen LogP contribution in [-0.2, 0) is 22.4 Å². The van der Waals surface area contributed by atoms with Gasteiger partial charge in [-0.05, 0) is 80.1 Å². The van der Waals surface area contributed by atoms with Crippen LogP contribution in [0, 0.1) is 11.8 Å². The van der Waals surface area contributed by atoms with Crippen LogP contribution in [0.4, 0.5) is 0 Å². The van der Waals surface area contributed by atoms with Gasteiger partial charge in [0, 0.05) is 25.2 Å². The van der Waals surface area contributed by atoms with Crippen molar-refractivity contribution in [2.75, 3.05) is 0 Å². The van der Waals surface area contributed by atoms with Crippen molar-refractivity contribution in [3.05, 3.63) is 82.0 Å². The molecule has 4 rings (SSSR count). The van der Waals surface area contributed by atoms with Crippen LogP contribution < -0.4 is 0 Å². The number of hydrogen-bond donors (Lipinski definition) is 0. The first-order chi connectivity index (χ1) is 17.5. The molecule has 2 nitrogen and oxygen atoms in total. The van der Waals surface area contributed by atoms with Crippen LogP contribution in [0.5, 0.6) is 0 Å². The topological polar surface area (TPSA) is 34.1 Å². The monoisotopic (exact) mass is 484 g/mol. The Kier molecular flexibility index (Phi) is 9.35. The van der Waals surface area contributed by atoms with Crippen molar-refractivity contribution in [2.24, 2.45) is 11.8 Å². The Morgan fingerprint density at radius 3 is 2.78 bits per heavy atom. The zero-order chi connectivity index (χ0) is 25.5. The first-order valence-electron chi connectivity index (χ1n) is 14.3. The molecule has 0 aromatic heterocycles. The lowest BCUT2D eigenvalue weighted by atomic mass is 9.81. The average molecular weight is 485 g/mol. The number of fused-ring (bicyclic) bond motifs is 1. The molecule has 36 heavy (non-hydrogen) atoms. The minimum atomic E-state index is 0.294. The van der Waals surface area contributed by atoms with E-state index < -0.39 is 0 Å². The highest BCUT2D eigenvalue weighted by Gasteiger charge is 2.31. The largest absolute Gasteiger partial charge is 0.299 e. The van der Waals surface area contributed by atoms with E-state index in [1.807, 2.05) is 0 Å². The summed E-state index contributed by atoms with van der Waals surface area (Å²) in [5.74, 6) is 2.30. The maximum absolute atomic E-state index is 13.1. The smallest absolute Gasteiger partial charge is 0.159 e. The van der Waals surface area contributed by atoms with E-state index in [-0.39, 0.29) is 0 Å². The van der Waals surface area contributed by atoms with Gasteiger partial charge in [0.2, 0.25) is 0 Å². The molecule has 0 saturated heterocycles. The van der Waals surface area contributed by atoms with Gasteiger partial charge in [0.15, 0.2) is 5.78 Å². The molecule has 0 N–H and O–H groups in total. The van der Waals surface area contributed by atoms with Crippen molar-refractivity contribution in [2.45, 2.75) is 104 Å². The quantitative estimate of drug-likeness (QED) is 0.189. The number of ketones is 2. The van der Waals surface area contributed by atoms with Crippen LogP contribution in [0.1, 0.15) is 108 Å². The summed E-state index contributed by atoms with van der Waals surface area (Å²) in [6.07, 6.45) is 23.2. The highest BCUT2D eigenvalue weighted by Crippen LogP contribution is 2.41. The van der Waals surface area contributed by atoms with Crippen LogP contribution in [0.2, 0.25) is 0 Å². The molecule has 3 aliphatic rings. The molecular weight excluding hydrogens is 440 g/mol. The van der Waals surface area contributed by atoms with E-state index in [1.165, 1.54) is 66.4 Å². The van der Waals surface area contributed by atoms with Crippen molar-refractivity contribution in [3.8, 4) is 0 Å². The predicted molar refractivity (Wildman–Crippen MR) is 150 cm³/mol. The van der Waals surface area contributed by atoms with E-state index >= 15 is 0 Å². The number of allylic oxidation sites excluding steroid dienone is 8. The van der Waals surface area contributed by atoms with Crippen LogP contribution in [0.15, 0.2) is 65.3 Å². The summed E-state index contributed by atoms with van der Waals surface area (Å²) in [7, 11) is 0. The fourth-order valence-corrected chi connectivity index (χ4v) is 6.75. The average Bonchev–Trinajstić information content (AvgIpc) is 3.44. The molecule has 0 radical (unpaired) electrons. The van der Waals surface area contributed by atoms with E-state index in [9.17, 15) is 9.59 Å². The Bertz CT molecular complexity index is 1080. The Balaban J connectivity index is 1.35. The Morgan fingerprint density at radius 2 is 1.97 bits per heavy atom. The van der Waals surface area contributed by atoms with Gasteiger partial charge in [-0.2, -0.15) is 0 Å². The lowest BCUT2D eigenvalue weighted by molar-refractivity contribution is -0.117. The predicted octanol–water partition coefficient (Wildman–Crippen LogP) is 8.56. The Hall–Kier alpha value is -2.48. The second-order valence-electron chi connectivity index (χ2n) is 11.4. The van der Waals surface area contributed by atoms with Crippen molar-refractivity contribution in [1.82, 2.24) is 0 Å². The maximum atomic E-state index is 13.1. The van der Waals surface area contributed by atoms with Crippen LogP contribution in [0.25, 0.3) is 0 Å². The number of hydrogen-bond acceptors (Lipinski definition) is 2. The molecule has 1 fully saturated rings. The van der Waals surface area contributed by atoms with Gasteiger partial charge < -0.3 is 0 Å². The fraction of sp³-hybridized carbons (Fsp3) is 0.529. The second kappa shape index (κ2) is 12.7. The molecule has 0 amide bonds. The fourth-order valence-electron chi connectivity index (χ4n) is 6.75. The van der Waals surface area contributed by atoms with Crippen molar-refractivity contribution >= 4 is 11.6 Å². The third-order valence-corrected chi connectivity index (χ3v) is 8.51. The minimum Gasteiger partial charge on any atom is -0.299 e. The number of benzene rings is 1. The molecular formula is C34H44O2. The third-order valence-electron chi connectivity index (χ3n) is 8.51. The van der Waals surface area contributed by atoms with Gasteiger partial charge in [-0.15, -0.1) is 0 Å². The lowest BCUT2D eigenvalue weighted by Gasteiger charge is -2.23. The molecule has 1 aromatic rings. The van der Waals surface area contributed by atoms with E-state index in [0.717, 1.165) is 37.2 Å². The number of Topliss-reactive ketones (excluding diaryl/α,β-unsaturated/α-hetero) is 2. The standard InChI is InChI=1S/C34H44O2/c1-4-6-11-24(3)18-25(10-5-2)12-7-13-26-19-33(34(36)20-26)28-15-8-14-27(21-28)31-17-9-16-29-22-30(35)23-32(29)31/h4,6,8-9,11,14,16-17,25-27H,5,7,10,12-13,15,18-23H2,1-3H3/b6-4?,24-11?,33-28+. The van der Waals surface area contributed by atoms with Crippen LogP contribution >= 0.6 is 0 Å². The third kappa shape index (κ3) is 6.64. The molecule has 1 saturated carbocycles. The first-order valence-corrected chi connectivity index (χ1v) is 14.3. The summed E-state index contributed by atoms with van der Waals surface area (Å²) >= 11 is 0. The maximum Gasteiger partial charge on any atom is 0.159 e. The van der Waals surface area contributed by atoms with Gasteiger partial charge in [0.1, 0.15) is 5.78 Å². The summed E-state index contributed by atoms with van der Waals surface area (Å²) < 4.78 is 0. The van der Waals surface area contributed by atoms with E-state index in [4.69, 9.17) is 0 Å². The number of carbonyl (C=O) groups is 2. The highest BCUT2D eigenvalue weighted by atomic mass is 16.1. The van der Waals surface area contributed by atoms with Gasteiger partial charge >= 0.3 is 0 Å². The van der Waals surface area contributed by atoms with E-state index in [1.54, 1.807) is 0 Å². The molecule has 0 aliphatic heterocycles. The molecule has 3 aliphatic carbocycles. The molecule has 0 heterocycles. The van der Waals surface area contributed by atoms with Gasteiger partial charge in [-0.25, -0.2) is 0 Å². The summed E-state index contributed by atoms with van der Waals surface area (Å²) in [5, 5.41) is 0. The number of carbonyl (C=O) groups excluding carboxylic acids is 2. The minimum absolute atomic E-state index is 0.294. The highest BCUT2D eigenvalue weighted by molar-refractivity contribution is 5.98. The zero-order valence-corrected chi connectivity index (χ0v) is 22.7. The molecule has 192 valence electrons. The summed E-state index contributed by atoms with van der Waals surface area (Å²) in [4.78, 5) is 25.1. The van der Waals surface area contributed by atoms with Crippen LogP contribution in [-0.4, -0.2) is 11.6 Å². The second-order valence-corrected chi connectivity index (χ2v) is 11.4. The van der Waals surface area contributed by atoms with Gasteiger partial charge in [0.25, 0.3) is 0 Å². The molecule has 2 heteroatoms. The zero-order valence-electron chi connectivity index (χ0n) is 22.7. The Labute approximate surface area is 218 Å². The van der Waals surface area contributed by atoms with Crippen molar-refractivity contribution in [1.29, 1.82) is 0 Å². The molecule has 3 unspecified atom stereocenters. The van der Waals surface area contributed by atoms with E-state index in [0.29, 0.717) is 36.2 Å². The molecule has 1 aromatic carbocycles.